The van der Waals surface area contributed by atoms with Gasteiger partial charge in [-0.15, -0.1) is 0 Å². The number of nitrogens with one attached hydrogen (secondary N) is 1. The molecule has 0 saturated carbocycles. The van der Waals surface area contributed by atoms with Crippen LogP contribution in [0.3, 0.4) is 0 Å². The lowest BCUT2D eigenvalue weighted by molar-refractivity contribution is -0.123. The van der Waals surface area contributed by atoms with Crippen LogP contribution in [0.1, 0.15) is 22.3 Å². The fourth-order valence-electron chi connectivity index (χ4n) is 3.66. The maximum Gasteiger partial charge on any atom is 0.277 e. The van der Waals surface area contributed by atoms with Gasteiger partial charge < -0.3 is 9.47 Å². The summed E-state index contributed by atoms with van der Waals surface area (Å²) in [5.41, 5.74) is 6.37. The minimum absolute atomic E-state index is 0.109. The topological polar surface area (TPSA) is 59.9 Å². The average Bonchev–Trinajstić information content (AvgIpc) is 2.83. The predicted molar refractivity (Wildman–Crippen MR) is 132 cm³/mol. The van der Waals surface area contributed by atoms with E-state index in [-0.39, 0.29) is 12.5 Å². The van der Waals surface area contributed by atoms with Crippen molar-refractivity contribution in [3.8, 4) is 11.5 Å². The van der Waals surface area contributed by atoms with E-state index in [0.717, 1.165) is 28.0 Å². The number of hydrogen-bond acceptors (Lipinski definition) is 4. The van der Waals surface area contributed by atoms with Crippen LogP contribution in [0.5, 0.6) is 11.5 Å². The third-order valence-electron chi connectivity index (χ3n) is 5.33. The van der Waals surface area contributed by atoms with Gasteiger partial charge in [-0.3, -0.25) is 4.79 Å². The summed E-state index contributed by atoms with van der Waals surface area (Å²) in [6.07, 6.45) is 1.58. The molecule has 0 unspecified atom stereocenters. The van der Waals surface area contributed by atoms with Gasteiger partial charge in [0.2, 0.25) is 0 Å². The standard InChI is InChI=1S/C28H26N2O3/c1-20-9-7-10-21(2)28(20)33-19-27(31)30-29-17-23-12-4-6-16-26(23)32-18-24-14-8-13-22-11-3-5-15-25(22)24/h3-17H,18-19H2,1-2H3,(H,30,31)/b29-17-. The Kier molecular flexibility index (Phi) is 7.00. The number of amides is 1. The predicted octanol–water partition coefficient (Wildman–Crippen LogP) is 5.56. The molecule has 4 rings (SSSR count). The summed E-state index contributed by atoms with van der Waals surface area (Å²) in [5, 5.41) is 6.43. The molecule has 0 saturated heterocycles. The Bertz CT molecular complexity index is 1270. The molecule has 4 aromatic carbocycles. The average molecular weight is 439 g/mol. The van der Waals surface area contributed by atoms with Crippen LogP contribution in [0.15, 0.2) is 90.0 Å². The van der Waals surface area contributed by atoms with Crippen molar-refractivity contribution in [2.75, 3.05) is 6.61 Å². The van der Waals surface area contributed by atoms with Gasteiger partial charge in [0.05, 0.1) is 6.21 Å². The number of nitrogens with zero attached hydrogens (tertiary/aromatic N) is 1. The number of aryl methyl sites for hydroxylation is 2. The number of carbonyl (C=O) groups excluding carboxylic acids is 1. The second kappa shape index (κ2) is 10.5. The van der Waals surface area contributed by atoms with Gasteiger partial charge >= 0.3 is 0 Å². The van der Waals surface area contributed by atoms with E-state index in [2.05, 4.69) is 34.8 Å². The maximum absolute atomic E-state index is 12.2. The summed E-state index contributed by atoms with van der Waals surface area (Å²) in [6, 6.07) is 27.9. The fourth-order valence-corrected chi connectivity index (χ4v) is 3.66. The van der Waals surface area contributed by atoms with E-state index in [0.29, 0.717) is 12.4 Å². The monoisotopic (exact) mass is 438 g/mol. The van der Waals surface area contributed by atoms with Crippen molar-refractivity contribution in [1.82, 2.24) is 5.43 Å². The first kappa shape index (κ1) is 22.1. The lowest BCUT2D eigenvalue weighted by Crippen LogP contribution is -2.25. The van der Waals surface area contributed by atoms with Crippen molar-refractivity contribution in [3.63, 3.8) is 0 Å². The van der Waals surface area contributed by atoms with E-state index in [1.54, 1.807) is 6.21 Å². The van der Waals surface area contributed by atoms with Crippen molar-refractivity contribution in [2.45, 2.75) is 20.5 Å². The fraction of sp³-hybridized carbons (Fsp3) is 0.143. The normalized spacial score (nSPS) is 11.0. The molecule has 0 heterocycles. The highest BCUT2D eigenvalue weighted by Crippen LogP contribution is 2.23. The number of hydrazone groups is 1. The Balaban J connectivity index is 1.36. The zero-order chi connectivity index (χ0) is 23.0. The molecule has 0 aliphatic carbocycles. The number of rotatable bonds is 8. The van der Waals surface area contributed by atoms with E-state index in [9.17, 15) is 4.79 Å². The number of fused-ring (bicyclic) bond motifs is 1. The summed E-state index contributed by atoms with van der Waals surface area (Å²) < 4.78 is 11.8. The van der Waals surface area contributed by atoms with Gasteiger partial charge in [0.1, 0.15) is 18.1 Å². The Morgan fingerprint density at radius 1 is 0.848 bits per heavy atom. The van der Waals surface area contributed by atoms with Gasteiger partial charge in [0.15, 0.2) is 6.61 Å². The van der Waals surface area contributed by atoms with Crippen molar-refractivity contribution >= 4 is 22.9 Å². The number of hydrogen-bond donors (Lipinski definition) is 1. The quantitative estimate of drug-likeness (QED) is 0.289. The minimum Gasteiger partial charge on any atom is -0.488 e. The maximum atomic E-state index is 12.2. The largest absolute Gasteiger partial charge is 0.488 e. The molecule has 0 aliphatic rings. The SMILES string of the molecule is Cc1cccc(C)c1OCC(=O)N/N=C\c1ccccc1OCc1cccc2ccccc12. The second-order valence-corrected chi connectivity index (χ2v) is 7.77. The van der Waals surface area contributed by atoms with Crippen LogP contribution >= 0.6 is 0 Å². The molecule has 0 bridgehead atoms. The van der Waals surface area contributed by atoms with Gasteiger partial charge in [-0.2, -0.15) is 5.10 Å². The van der Waals surface area contributed by atoms with E-state index < -0.39 is 0 Å². The van der Waals surface area contributed by atoms with Crippen LogP contribution in [-0.4, -0.2) is 18.7 Å². The van der Waals surface area contributed by atoms with Gasteiger partial charge in [-0.05, 0) is 53.4 Å². The first-order valence-corrected chi connectivity index (χ1v) is 10.8. The molecule has 1 amide bonds. The zero-order valence-corrected chi connectivity index (χ0v) is 18.7. The Morgan fingerprint density at radius 3 is 2.39 bits per heavy atom. The number of ether oxygens (including phenoxy) is 2. The van der Waals surface area contributed by atoms with Gasteiger partial charge in [-0.1, -0.05) is 72.8 Å². The van der Waals surface area contributed by atoms with E-state index in [1.807, 2.05) is 74.5 Å². The Morgan fingerprint density at radius 2 is 1.55 bits per heavy atom. The second-order valence-electron chi connectivity index (χ2n) is 7.77. The molecular formula is C28H26N2O3. The van der Waals surface area contributed by atoms with Crippen LogP contribution in [0.25, 0.3) is 10.8 Å². The zero-order valence-electron chi connectivity index (χ0n) is 18.7. The first-order valence-electron chi connectivity index (χ1n) is 10.8. The highest BCUT2D eigenvalue weighted by molar-refractivity contribution is 5.86. The first-order chi connectivity index (χ1) is 16.1. The smallest absolute Gasteiger partial charge is 0.277 e. The van der Waals surface area contributed by atoms with Crippen molar-refractivity contribution < 1.29 is 14.3 Å². The molecule has 0 atom stereocenters. The lowest BCUT2D eigenvalue weighted by Gasteiger charge is -2.11. The lowest BCUT2D eigenvalue weighted by atomic mass is 10.1. The molecule has 0 radical (unpaired) electrons. The Hall–Kier alpha value is -4.12. The molecule has 5 heteroatoms. The van der Waals surface area contributed by atoms with Crippen LogP contribution < -0.4 is 14.9 Å². The molecule has 33 heavy (non-hydrogen) atoms. The van der Waals surface area contributed by atoms with Crippen LogP contribution in [0, 0.1) is 13.8 Å². The third kappa shape index (κ3) is 5.57. The summed E-state index contributed by atoms with van der Waals surface area (Å²) >= 11 is 0. The highest BCUT2D eigenvalue weighted by atomic mass is 16.5. The van der Waals surface area contributed by atoms with Gasteiger partial charge in [0, 0.05) is 5.56 Å². The molecular weight excluding hydrogens is 412 g/mol. The van der Waals surface area contributed by atoms with E-state index >= 15 is 0 Å². The molecule has 4 aromatic rings. The summed E-state index contributed by atoms with van der Waals surface area (Å²) in [7, 11) is 0. The van der Waals surface area contributed by atoms with Crippen molar-refractivity contribution in [1.29, 1.82) is 0 Å². The number of benzene rings is 4. The van der Waals surface area contributed by atoms with Crippen LogP contribution in [0.4, 0.5) is 0 Å². The molecule has 5 nitrogen and oxygen atoms in total. The molecule has 1 N–H and O–H groups in total. The van der Waals surface area contributed by atoms with Crippen LogP contribution in [-0.2, 0) is 11.4 Å². The van der Waals surface area contributed by atoms with Gasteiger partial charge in [-0.25, -0.2) is 5.43 Å². The molecule has 166 valence electrons. The Labute approximate surface area is 193 Å². The molecule has 0 spiro atoms. The van der Waals surface area contributed by atoms with Crippen molar-refractivity contribution in [2.24, 2.45) is 5.10 Å². The highest BCUT2D eigenvalue weighted by Gasteiger charge is 2.07. The minimum atomic E-state index is -0.331. The summed E-state index contributed by atoms with van der Waals surface area (Å²) in [5.74, 6) is 1.09. The number of para-hydroxylation sites is 2. The van der Waals surface area contributed by atoms with Crippen molar-refractivity contribution in [3.05, 3.63) is 107 Å². The number of carbonyl (C=O) groups is 1. The molecule has 0 fully saturated rings. The van der Waals surface area contributed by atoms with Gasteiger partial charge in [0.25, 0.3) is 5.91 Å². The molecule has 0 aromatic heterocycles. The summed E-state index contributed by atoms with van der Waals surface area (Å²) in [4.78, 5) is 12.2. The van der Waals surface area contributed by atoms with E-state index in [4.69, 9.17) is 9.47 Å². The molecule has 0 aliphatic heterocycles. The van der Waals surface area contributed by atoms with E-state index in [1.165, 1.54) is 10.8 Å². The van der Waals surface area contributed by atoms with Crippen LogP contribution in [0.2, 0.25) is 0 Å². The summed E-state index contributed by atoms with van der Waals surface area (Å²) in [6.45, 7) is 4.23. The third-order valence-corrected chi connectivity index (χ3v) is 5.33.